The molecular weight excluding hydrogens is 325 g/mol. The standard InChI is InChI=1S/C12H14ClN3S.2ClH/c13-11-7-10-9(3-6-17-10)12(16-11)15-8-1-4-14-5-2-8;;/h3,6-8,14H,1-2,4-5H2,(H,15,16);2*1H. The quantitative estimate of drug-likeness (QED) is 0.813. The number of hydrogen-bond acceptors (Lipinski definition) is 4. The summed E-state index contributed by atoms with van der Waals surface area (Å²) in [6.45, 7) is 2.15. The smallest absolute Gasteiger partial charge is 0.136 e. The Balaban J connectivity index is 0.000000902. The molecule has 0 unspecified atom stereocenters. The van der Waals surface area contributed by atoms with Gasteiger partial charge in [-0.1, -0.05) is 11.6 Å². The number of nitrogens with zero attached hydrogens (tertiary/aromatic N) is 1. The highest BCUT2D eigenvalue weighted by molar-refractivity contribution is 7.17. The Morgan fingerprint density at radius 3 is 2.79 bits per heavy atom. The van der Waals surface area contributed by atoms with Crippen LogP contribution < -0.4 is 10.6 Å². The maximum Gasteiger partial charge on any atom is 0.136 e. The van der Waals surface area contributed by atoms with Crippen molar-refractivity contribution in [3.8, 4) is 0 Å². The maximum absolute atomic E-state index is 6.04. The highest BCUT2D eigenvalue weighted by atomic mass is 35.5. The summed E-state index contributed by atoms with van der Waals surface area (Å²) < 4.78 is 1.20. The van der Waals surface area contributed by atoms with Crippen molar-refractivity contribution in [3.63, 3.8) is 0 Å². The number of rotatable bonds is 2. The van der Waals surface area contributed by atoms with E-state index in [2.05, 4.69) is 27.1 Å². The number of anilines is 1. The summed E-state index contributed by atoms with van der Waals surface area (Å²) in [4.78, 5) is 4.41. The van der Waals surface area contributed by atoms with E-state index in [1.807, 2.05) is 6.07 Å². The van der Waals surface area contributed by atoms with Crippen LogP contribution in [0.5, 0.6) is 0 Å². The Hall–Kier alpha value is -0.260. The molecule has 1 fully saturated rings. The third kappa shape index (κ3) is 3.86. The van der Waals surface area contributed by atoms with Crippen LogP contribution in [0.2, 0.25) is 5.15 Å². The van der Waals surface area contributed by atoms with E-state index in [0.717, 1.165) is 31.7 Å². The number of pyridine rings is 1. The van der Waals surface area contributed by atoms with Gasteiger partial charge in [0.25, 0.3) is 0 Å². The SMILES string of the molecule is Cl.Cl.Clc1cc2sccc2c(NC2CCNCC2)n1. The zero-order chi connectivity index (χ0) is 11.7. The fourth-order valence-electron chi connectivity index (χ4n) is 2.21. The van der Waals surface area contributed by atoms with Gasteiger partial charge in [0.05, 0.1) is 0 Å². The summed E-state index contributed by atoms with van der Waals surface area (Å²) in [5.41, 5.74) is 0. The van der Waals surface area contributed by atoms with Crippen LogP contribution in [0.1, 0.15) is 12.8 Å². The molecule has 19 heavy (non-hydrogen) atoms. The van der Waals surface area contributed by atoms with E-state index >= 15 is 0 Å². The molecule has 2 aromatic rings. The molecule has 0 bridgehead atoms. The van der Waals surface area contributed by atoms with Crippen molar-refractivity contribution in [3.05, 3.63) is 22.7 Å². The van der Waals surface area contributed by atoms with Crippen LogP contribution >= 0.6 is 47.8 Å². The van der Waals surface area contributed by atoms with Crippen molar-refractivity contribution in [2.45, 2.75) is 18.9 Å². The largest absolute Gasteiger partial charge is 0.367 e. The third-order valence-electron chi connectivity index (χ3n) is 3.10. The molecule has 0 atom stereocenters. The summed E-state index contributed by atoms with van der Waals surface area (Å²) in [6, 6.07) is 4.53. The van der Waals surface area contributed by atoms with Gasteiger partial charge in [-0.15, -0.1) is 36.2 Å². The van der Waals surface area contributed by atoms with E-state index in [1.54, 1.807) is 11.3 Å². The van der Waals surface area contributed by atoms with Gasteiger partial charge >= 0.3 is 0 Å². The van der Waals surface area contributed by atoms with Crippen LogP contribution in [-0.2, 0) is 0 Å². The molecule has 106 valence electrons. The molecule has 0 radical (unpaired) electrons. The minimum atomic E-state index is 0. The summed E-state index contributed by atoms with van der Waals surface area (Å²) in [5.74, 6) is 0.931. The van der Waals surface area contributed by atoms with Crippen molar-refractivity contribution in [2.24, 2.45) is 0 Å². The van der Waals surface area contributed by atoms with E-state index < -0.39 is 0 Å². The molecule has 0 aromatic carbocycles. The highest BCUT2D eigenvalue weighted by Crippen LogP contribution is 2.30. The number of fused-ring (bicyclic) bond motifs is 1. The predicted molar refractivity (Wildman–Crippen MR) is 88.6 cm³/mol. The molecule has 3 rings (SSSR count). The first-order valence-corrected chi connectivity index (χ1v) is 7.10. The molecule has 0 saturated carbocycles. The number of aromatic nitrogens is 1. The van der Waals surface area contributed by atoms with Crippen LogP contribution in [0, 0.1) is 0 Å². The first kappa shape index (κ1) is 16.8. The lowest BCUT2D eigenvalue weighted by molar-refractivity contribution is 0.478. The molecule has 0 spiro atoms. The van der Waals surface area contributed by atoms with Gasteiger partial charge in [0, 0.05) is 16.1 Å². The number of halogens is 3. The Bertz CT molecular complexity index is 526. The second-order valence-electron chi connectivity index (χ2n) is 4.29. The number of nitrogens with one attached hydrogen (secondary N) is 2. The van der Waals surface area contributed by atoms with Gasteiger partial charge in [-0.05, 0) is 43.4 Å². The number of piperidine rings is 1. The molecule has 0 amide bonds. The van der Waals surface area contributed by atoms with E-state index in [-0.39, 0.29) is 24.8 Å². The van der Waals surface area contributed by atoms with E-state index in [9.17, 15) is 0 Å². The zero-order valence-electron chi connectivity index (χ0n) is 10.2. The summed E-state index contributed by atoms with van der Waals surface area (Å²) in [5, 5.41) is 10.7. The second-order valence-corrected chi connectivity index (χ2v) is 5.63. The number of thiophene rings is 1. The molecule has 1 aliphatic rings. The van der Waals surface area contributed by atoms with Gasteiger partial charge in [-0.25, -0.2) is 4.98 Å². The molecule has 2 aromatic heterocycles. The highest BCUT2D eigenvalue weighted by Gasteiger charge is 2.15. The fourth-order valence-corrected chi connectivity index (χ4v) is 3.29. The molecule has 0 aliphatic carbocycles. The lowest BCUT2D eigenvalue weighted by Crippen LogP contribution is -2.35. The minimum absolute atomic E-state index is 0. The zero-order valence-corrected chi connectivity index (χ0v) is 13.4. The Morgan fingerprint density at radius 1 is 1.32 bits per heavy atom. The molecule has 3 nitrogen and oxygen atoms in total. The van der Waals surface area contributed by atoms with Crippen molar-refractivity contribution in [2.75, 3.05) is 18.4 Å². The average molecular weight is 341 g/mol. The summed E-state index contributed by atoms with van der Waals surface area (Å²) in [6.07, 6.45) is 2.28. The van der Waals surface area contributed by atoms with Gasteiger partial charge in [-0.3, -0.25) is 0 Å². The summed E-state index contributed by atoms with van der Waals surface area (Å²) >= 11 is 7.74. The maximum atomic E-state index is 6.04. The third-order valence-corrected chi connectivity index (χ3v) is 4.16. The first-order valence-electron chi connectivity index (χ1n) is 5.84. The molecule has 1 saturated heterocycles. The predicted octanol–water partition coefficient (Wildman–Crippen LogP) is 3.96. The van der Waals surface area contributed by atoms with Crippen molar-refractivity contribution in [1.82, 2.24) is 10.3 Å². The Kier molecular flexibility index (Phi) is 6.63. The van der Waals surface area contributed by atoms with Gasteiger partial charge in [-0.2, -0.15) is 0 Å². The average Bonchev–Trinajstić information content (AvgIpc) is 2.78. The lowest BCUT2D eigenvalue weighted by Gasteiger charge is -2.24. The minimum Gasteiger partial charge on any atom is -0.367 e. The topological polar surface area (TPSA) is 37.0 Å². The van der Waals surface area contributed by atoms with E-state index in [0.29, 0.717) is 11.2 Å². The fraction of sp³-hybridized carbons (Fsp3) is 0.417. The van der Waals surface area contributed by atoms with Crippen LogP contribution in [0.3, 0.4) is 0 Å². The van der Waals surface area contributed by atoms with Crippen LogP contribution in [-0.4, -0.2) is 24.1 Å². The van der Waals surface area contributed by atoms with Gasteiger partial charge in [0.15, 0.2) is 0 Å². The second kappa shape index (κ2) is 7.50. The monoisotopic (exact) mass is 339 g/mol. The van der Waals surface area contributed by atoms with Crippen molar-refractivity contribution in [1.29, 1.82) is 0 Å². The summed E-state index contributed by atoms with van der Waals surface area (Å²) in [7, 11) is 0. The lowest BCUT2D eigenvalue weighted by atomic mass is 10.1. The number of hydrogen-bond donors (Lipinski definition) is 2. The van der Waals surface area contributed by atoms with Gasteiger partial charge < -0.3 is 10.6 Å². The first-order chi connectivity index (χ1) is 8.33. The van der Waals surface area contributed by atoms with E-state index in [1.165, 1.54) is 10.1 Å². The van der Waals surface area contributed by atoms with Gasteiger partial charge in [0.2, 0.25) is 0 Å². The van der Waals surface area contributed by atoms with E-state index in [4.69, 9.17) is 11.6 Å². The van der Waals surface area contributed by atoms with Gasteiger partial charge in [0.1, 0.15) is 11.0 Å². The Labute approximate surface area is 134 Å². The molecule has 3 heterocycles. The van der Waals surface area contributed by atoms with Crippen LogP contribution in [0.4, 0.5) is 5.82 Å². The van der Waals surface area contributed by atoms with Crippen molar-refractivity contribution >= 4 is 63.7 Å². The molecule has 1 aliphatic heterocycles. The molecule has 7 heteroatoms. The van der Waals surface area contributed by atoms with Crippen LogP contribution in [0.15, 0.2) is 17.5 Å². The van der Waals surface area contributed by atoms with Crippen LogP contribution in [0.25, 0.3) is 10.1 Å². The molecular formula is C12H16Cl3N3S. The normalized spacial score (nSPS) is 15.6. The Morgan fingerprint density at radius 2 is 2.05 bits per heavy atom. The molecule has 2 N–H and O–H groups in total. The van der Waals surface area contributed by atoms with Crippen molar-refractivity contribution < 1.29 is 0 Å².